The van der Waals surface area contributed by atoms with E-state index in [0.29, 0.717) is 25.0 Å². The molecule has 1 saturated heterocycles. The Kier molecular flexibility index (Phi) is 7.71. The largest absolute Gasteiger partial charge is 0.416 e. The Bertz CT molecular complexity index is 552. The van der Waals surface area contributed by atoms with Crippen molar-refractivity contribution in [2.45, 2.75) is 32.0 Å². The first kappa shape index (κ1) is 21.7. The Morgan fingerprint density at radius 3 is 2.32 bits per heavy atom. The number of carbonyl (C=O) groups is 1. The van der Waals surface area contributed by atoms with E-state index in [2.05, 4.69) is 10.6 Å². The van der Waals surface area contributed by atoms with Gasteiger partial charge >= 0.3 is 6.18 Å². The first-order chi connectivity index (χ1) is 11.3. The van der Waals surface area contributed by atoms with Gasteiger partial charge in [-0.25, -0.2) is 0 Å². The molecular formula is C17H24ClF3N2O2. The molecular weight excluding hydrogens is 357 g/mol. The van der Waals surface area contributed by atoms with Gasteiger partial charge in [-0.3, -0.25) is 4.79 Å². The summed E-state index contributed by atoms with van der Waals surface area (Å²) in [4.78, 5) is 12.7. The van der Waals surface area contributed by atoms with Gasteiger partial charge in [0.15, 0.2) is 0 Å². The van der Waals surface area contributed by atoms with E-state index in [1.54, 1.807) is 14.0 Å². The number of piperidine rings is 1. The molecule has 0 aromatic heterocycles. The molecule has 2 rings (SSSR count). The molecule has 8 heteroatoms. The quantitative estimate of drug-likeness (QED) is 0.824. The van der Waals surface area contributed by atoms with E-state index >= 15 is 0 Å². The van der Waals surface area contributed by atoms with E-state index < -0.39 is 17.2 Å². The van der Waals surface area contributed by atoms with Crippen molar-refractivity contribution in [2.24, 2.45) is 5.41 Å². The molecule has 0 bridgehead atoms. The zero-order valence-corrected chi connectivity index (χ0v) is 15.1. The molecule has 1 atom stereocenters. The number of methoxy groups -OCH3 is 1. The number of rotatable bonds is 5. The molecule has 0 aliphatic carbocycles. The SMILES string of the molecule is COCC1(C(=O)NC(C)c2ccc(C(F)(F)F)cc2)CCNCC1.Cl. The van der Waals surface area contributed by atoms with Gasteiger partial charge in [-0.05, 0) is 50.6 Å². The van der Waals surface area contributed by atoms with Crippen molar-refractivity contribution in [1.29, 1.82) is 0 Å². The van der Waals surface area contributed by atoms with Crippen LogP contribution in [-0.4, -0.2) is 32.7 Å². The Balaban J connectivity index is 0.00000312. The average molecular weight is 381 g/mol. The maximum absolute atomic E-state index is 12.7. The third-order valence-corrected chi connectivity index (χ3v) is 4.55. The fraction of sp³-hybridized carbons (Fsp3) is 0.588. The minimum absolute atomic E-state index is 0. The second kappa shape index (κ2) is 8.87. The minimum Gasteiger partial charge on any atom is -0.384 e. The molecule has 1 fully saturated rings. The lowest BCUT2D eigenvalue weighted by Crippen LogP contribution is -2.50. The van der Waals surface area contributed by atoms with E-state index in [9.17, 15) is 18.0 Å². The summed E-state index contributed by atoms with van der Waals surface area (Å²) >= 11 is 0. The molecule has 1 aliphatic heterocycles. The summed E-state index contributed by atoms with van der Waals surface area (Å²) in [5.41, 5.74) is -0.642. The second-order valence-corrected chi connectivity index (χ2v) is 6.28. The average Bonchev–Trinajstić information content (AvgIpc) is 2.55. The van der Waals surface area contributed by atoms with Gasteiger partial charge in [-0.1, -0.05) is 12.1 Å². The van der Waals surface area contributed by atoms with Crippen molar-refractivity contribution in [3.05, 3.63) is 35.4 Å². The van der Waals surface area contributed by atoms with Crippen LogP contribution in [0.5, 0.6) is 0 Å². The van der Waals surface area contributed by atoms with E-state index in [1.807, 2.05) is 0 Å². The number of hydrogen-bond acceptors (Lipinski definition) is 3. The summed E-state index contributed by atoms with van der Waals surface area (Å²) in [6.07, 6.45) is -3.01. The molecule has 2 N–H and O–H groups in total. The Morgan fingerprint density at radius 1 is 1.28 bits per heavy atom. The molecule has 1 aromatic carbocycles. The Morgan fingerprint density at radius 2 is 1.84 bits per heavy atom. The number of carbonyl (C=O) groups excluding carboxylic acids is 1. The zero-order valence-electron chi connectivity index (χ0n) is 14.3. The Labute approximate surface area is 151 Å². The summed E-state index contributed by atoms with van der Waals surface area (Å²) in [6, 6.07) is 4.50. The predicted molar refractivity (Wildman–Crippen MR) is 91.7 cm³/mol. The molecule has 25 heavy (non-hydrogen) atoms. The molecule has 1 heterocycles. The van der Waals surface area contributed by atoms with Gasteiger partial charge in [0, 0.05) is 7.11 Å². The van der Waals surface area contributed by atoms with Crippen LogP contribution >= 0.6 is 12.4 Å². The maximum Gasteiger partial charge on any atom is 0.416 e. The number of hydrogen-bond donors (Lipinski definition) is 2. The third kappa shape index (κ3) is 5.33. The highest BCUT2D eigenvalue weighted by molar-refractivity contribution is 5.85. The minimum atomic E-state index is -4.36. The van der Waals surface area contributed by atoms with Crippen LogP contribution in [0, 0.1) is 5.41 Å². The second-order valence-electron chi connectivity index (χ2n) is 6.28. The van der Waals surface area contributed by atoms with E-state index in [0.717, 1.165) is 25.2 Å². The van der Waals surface area contributed by atoms with Gasteiger partial charge in [0.25, 0.3) is 0 Å². The fourth-order valence-electron chi connectivity index (χ4n) is 3.01. The van der Waals surface area contributed by atoms with Crippen LogP contribution in [-0.2, 0) is 15.7 Å². The van der Waals surface area contributed by atoms with Gasteiger partial charge < -0.3 is 15.4 Å². The lowest BCUT2D eigenvalue weighted by Gasteiger charge is -2.36. The van der Waals surface area contributed by atoms with Crippen molar-refractivity contribution in [3.63, 3.8) is 0 Å². The first-order valence-corrected chi connectivity index (χ1v) is 7.96. The monoisotopic (exact) mass is 380 g/mol. The number of amides is 1. The standard InChI is InChI=1S/C17H23F3N2O2.ClH/c1-12(13-3-5-14(6-4-13)17(18,19)20)22-15(23)16(11-24-2)7-9-21-10-8-16;/h3-6,12,21H,7-11H2,1-2H3,(H,22,23);1H. The van der Waals surface area contributed by atoms with Crippen molar-refractivity contribution >= 4 is 18.3 Å². The number of benzene rings is 1. The highest BCUT2D eigenvalue weighted by Gasteiger charge is 2.40. The van der Waals surface area contributed by atoms with Crippen LogP contribution in [0.15, 0.2) is 24.3 Å². The number of halogens is 4. The normalized spacial score (nSPS) is 18.1. The molecule has 1 amide bonds. The van der Waals surface area contributed by atoms with Crippen molar-refractivity contribution in [1.82, 2.24) is 10.6 Å². The summed E-state index contributed by atoms with van der Waals surface area (Å²) in [5, 5.41) is 6.14. The van der Waals surface area contributed by atoms with Gasteiger partial charge in [-0.2, -0.15) is 13.2 Å². The summed E-state index contributed by atoms with van der Waals surface area (Å²) in [5.74, 6) is -0.113. The van der Waals surface area contributed by atoms with E-state index in [4.69, 9.17) is 4.74 Å². The van der Waals surface area contributed by atoms with Crippen molar-refractivity contribution in [2.75, 3.05) is 26.8 Å². The Hall–Kier alpha value is -1.31. The van der Waals surface area contributed by atoms with Gasteiger partial charge in [0.1, 0.15) is 0 Å². The van der Waals surface area contributed by atoms with Crippen LogP contribution in [0.1, 0.15) is 36.9 Å². The summed E-state index contributed by atoms with van der Waals surface area (Å²) in [6.45, 7) is 3.58. The number of alkyl halides is 3. The van der Waals surface area contributed by atoms with Gasteiger partial charge in [0.05, 0.1) is 23.6 Å². The van der Waals surface area contributed by atoms with Crippen LogP contribution in [0.2, 0.25) is 0 Å². The van der Waals surface area contributed by atoms with Gasteiger partial charge in [0.2, 0.25) is 5.91 Å². The first-order valence-electron chi connectivity index (χ1n) is 7.96. The number of nitrogens with one attached hydrogen (secondary N) is 2. The summed E-state index contributed by atoms with van der Waals surface area (Å²) in [7, 11) is 1.57. The smallest absolute Gasteiger partial charge is 0.384 e. The van der Waals surface area contributed by atoms with E-state index in [1.165, 1.54) is 12.1 Å². The van der Waals surface area contributed by atoms with E-state index in [-0.39, 0.29) is 24.4 Å². The third-order valence-electron chi connectivity index (χ3n) is 4.55. The van der Waals surface area contributed by atoms with Crippen molar-refractivity contribution < 1.29 is 22.7 Å². The van der Waals surface area contributed by atoms with Crippen LogP contribution in [0.4, 0.5) is 13.2 Å². The highest BCUT2D eigenvalue weighted by Crippen LogP contribution is 2.32. The fourth-order valence-corrected chi connectivity index (χ4v) is 3.01. The number of ether oxygens (including phenoxy) is 1. The van der Waals surface area contributed by atoms with Crippen LogP contribution < -0.4 is 10.6 Å². The molecule has 1 unspecified atom stereocenters. The molecule has 1 aliphatic rings. The van der Waals surface area contributed by atoms with Crippen molar-refractivity contribution in [3.8, 4) is 0 Å². The predicted octanol–water partition coefficient (Wildman–Crippen LogP) is 3.32. The molecule has 142 valence electrons. The zero-order chi connectivity index (χ0) is 17.8. The van der Waals surface area contributed by atoms with Crippen LogP contribution in [0.25, 0.3) is 0 Å². The summed E-state index contributed by atoms with van der Waals surface area (Å²) < 4.78 is 43.1. The van der Waals surface area contributed by atoms with Gasteiger partial charge in [-0.15, -0.1) is 12.4 Å². The molecule has 0 spiro atoms. The molecule has 4 nitrogen and oxygen atoms in total. The molecule has 0 radical (unpaired) electrons. The molecule has 0 saturated carbocycles. The molecule has 1 aromatic rings. The topological polar surface area (TPSA) is 50.4 Å². The lowest BCUT2D eigenvalue weighted by atomic mass is 9.78. The maximum atomic E-state index is 12.7. The van der Waals surface area contributed by atoms with Crippen LogP contribution in [0.3, 0.4) is 0 Å². The lowest BCUT2D eigenvalue weighted by molar-refractivity contribution is -0.138. The highest BCUT2D eigenvalue weighted by atomic mass is 35.5.